The quantitative estimate of drug-likeness (QED) is 0.669. The summed E-state index contributed by atoms with van der Waals surface area (Å²) in [6, 6.07) is -0.802. The third-order valence-corrected chi connectivity index (χ3v) is 5.11. The molecule has 1 atom stereocenters. The molecule has 0 aliphatic heterocycles. The summed E-state index contributed by atoms with van der Waals surface area (Å²) in [6.45, 7) is 11.7. The first-order chi connectivity index (χ1) is 12.6. The van der Waals surface area contributed by atoms with Crippen molar-refractivity contribution in [2.45, 2.75) is 47.6 Å². The Bertz CT molecular complexity index is 897. The van der Waals surface area contributed by atoms with E-state index in [1.54, 1.807) is 13.8 Å². The standard InChI is InChI=1S/C19H26N2O5S/c1-10(2)7-25-18(23)13(6)21-9-20-16-14(17(21)22)12(5)15(27-16)19(24)26-8-11(3)4/h9-11,13H,7-8H2,1-6H3. The molecule has 0 spiro atoms. The summed E-state index contributed by atoms with van der Waals surface area (Å²) in [5, 5.41) is 0.336. The van der Waals surface area contributed by atoms with Crippen LogP contribution in [0.15, 0.2) is 11.1 Å². The molecule has 1 unspecified atom stereocenters. The predicted octanol–water partition coefficient (Wildman–Crippen LogP) is 3.34. The molecule has 7 nitrogen and oxygen atoms in total. The third kappa shape index (κ3) is 4.74. The molecule has 0 radical (unpaired) electrons. The van der Waals surface area contributed by atoms with Gasteiger partial charge in [-0.3, -0.25) is 9.36 Å². The van der Waals surface area contributed by atoms with Crippen molar-refractivity contribution in [2.75, 3.05) is 13.2 Å². The van der Waals surface area contributed by atoms with Crippen LogP contribution in [0.1, 0.15) is 55.9 Å². The van der Waals surface area contributed by atoms with Crippen LogP contribution in [-0.2, 0) is 14.3 Å². The summed E-state index contributed by atoms with van der Waals surface area (Å²) in [4.78, 5) is 42.5. The fourth-order valence-electron chi connectivity index (χ4n) is 2.40. The Morgan fingerprint density at radius 2 is 1.70 bits per heavy atom. The molecule has 0 saturated carbocycles. The summed E-state index contributed by atoms with van der Waals surface area (Å²) in [6.07, 6.45) is 1.32. The number of hydrogen-bond acceptors (Lipinski definition) is 7. The molecule has 148 valence electrons. The van der Waals surface area contributed by atoms with Gasteiger partial charge in [0.2, 0.25) is 0 Å². The third-order valence-electron chi connectivity index (χ3n) is 3.93. The zero-order valence-corrected chi connectivity index (χ0v) is 17.4. The number of aromatic nitrogens is 2. The molecule has 0 saturated heterocycles. The molecule has 2 heterocycles. The van der Waals surface area contributed by atoms with Crippen LogP contribution in [0.2, 0.25) is 0 Å². The molecule has 0 fully saturated rings. The lowest BCUT2D eigenvalue weighted by atomic mass is 10.2. The van der Waals surface area contributed by atoms with E-state index >= 15 is 0 Å². The van der Waals surface area contributed by atoms with Gasteiger partial charge in [-0.15, -0.1) is 11.3 Å². The Hall–Kier alpha value is -2.22. The van der Waals surface area contributed by atoms with Gasteiger partial charge in [0.25, 0.3) is 5.56 Å². The van der Waals surface area contributed by atoms with Gasteiger partial charge in [-0.2, -0.15) is 0 Å². The summed E-state index contributed by atoms with van der Waals surface area (Å²) in [7, 11) is 0. The van der Waals surface area contributed by atoms with Crippen molar-refractivity contribution in [3.05, 3.63) is 27.1 Å². The predicted molar refractivity (Wildman–Crippen MR) is 104 cm³/mol. The number of carbonyl (C=O) groups is 2. The molecule has 0 aromatic carbocycles. The van der Waals surface area contributed by atoms with Crippen molar-refractivity contribution < 1.29 is 19.1 Å². The normalized spacial score (nSPS) is 12.6. The lowest BCUT2D eigenvalue weighted by Crippen LogP contribution is -2.30. The van der Waals surface area contributed by atoms with Crippen LogP contribution in [0.5, 0.6) is 0 Å². The van der Waals surface area contributed by atoms with E-state index in [-0.39, 0.29) is 24.0 Å². The lowest BCUT2D eigenvalue weighted by Gasteiger charge is -2.15. The minimum Gasteiger partial charge on any atom is -0.464 e. The number of esters is 2. The second kappa shape index (κ2) is 8.65. The van der Waals surface area contributed by atoms with E-state index in [1.165, 1.54) is 10.9 Å². The maximum Gasteiger partial charge on any atom is 0.348 e. The van der Waals surface area contributed by atoms with E-state index in [1.807, 2.05) is 27.7 Å². The second-order valence-electron chi connectivity index (χ2n) is 7.39. The highest BCUT2D eigenvalue weighted by Crippen LogP contribution is 2.28. The highest BCUT2D eigenvalue weighted by molar-refractivity contribution is 7.20. The van der Waals surface area contributed by atoms with Gasteiger partial charge in [-0.25, -0.2) is 14.6 Å². The van der Waals surface area contributed by atoms with Crippen LogP contribution in [0.4, 0.5) is 0 Å². The average molecular weight is 394 g/mol. The fourth-order valence-corrected chi connectivity index (χ4v) is 3.43. The Labute approximate surface area is 162 Å². The van der Waals surface area contributed by atoms with Crippen LogP contribution in [0.25, 0.3) is 10.2 Å². The minimum absolute atomic E-state index is 0.206. The van der Waals surface area contributed by atoms with E-state index in [0.717, 1.165) is 11.3 Å². The summed E-state index contributed by atoms with van der Waals surface area (Å²) in [5.74, 6) is -0.523. The number of hydrogen-bond donors (Lipinski definition) is 0. The van der Waals surface area contributed by atoms with E-state index in [4.69, 9.17) is 9.47 Å². The first kappa shape index (κ1) is 21.1. The largest absolute Gasteiger partial charge is 0.464 e. The summed E-state index contributed by atoms with van der Waals surface area (Å²) in [5.41, 5.74) is 0.156. The molecular formula is C19H26N2O5S. The van der Waals surface area contributed by atoms with E-state index < -0.39 is 18.0 Å². The van der Waals surface area contributed by atoms with Gasteiger partial charge < -0.3 is 9.47 Å². The lowest BCUT2D eigenvalue weighted by molar-refractivity contribution is -0.148. The molecule has 27 heavy (non-hydrogen) atoms. The number of rotatable bonds is 7. The average Bonchev–Trinajstić information content (AvgIpc) is 2.94. The highest BCUT2D eigenvalue weighted by Gasteiger charge is 2.24. The van der Waals surface area contributed by atoms with Gasteiger partial charge in [0.1, 0.15) is 15.7 Å². The highest BCUT2D eigenvalue weighted by atomic mass is 32.1. The molecule has 2 aromatic rings. The minimum atomic E-state index is -0.802. The second-order valence-corrected chi connectivity index (χ2v) is 8.38. The Kier molecular flexibility index (Phi) is 6.75. The van der Waals surface area contributed by atoms with Crippen molar-refractivity contribution in [1.29, 1.82) is 0 Å². The van der Waals surface area contributed by atoms with Crippen molar-refractivity contribution in [3.63, 3.8) is 0 Å². The van der Waals surface area contributed by atoms with E-state index in [0.29, 0.717) is 27.3 Å². The molecule has 0 N–H and O–H groups in total. The van der Waals surface area contributed by atoms with Crippen LogP contribution in [-0.4, -0.2) is 34.7 Å². The van der Waals surface area contributed by atoms with E-state index in [2.05, 4.69) is 4.98 Å². The fraction of sp³-hybridized carbons (Fsp3) is 0.579. The topological polar surface area (TPSA) is 87.5 Å². The molecule has 8 heteroatoms. The summed E-state index contributed by atoms with van der Waals surface area (Å²) >= 11 is 1.13. The Morgan fingerprint density at radius 1 is 1.11 bits per heavy atom. The van der Waals surface area contributed by atoms with E-state index in [9.17, 15) is 14.4 Å². The Balaban J connectivity index is 2.36. The molecule has 2 rings (SSSR count). The number of nitrogens with zero attached hydrogens (tertiary/aromatic N) is 2. The van der Waals surface area contributed by atoms with Crippen molar-refractivity contribution in [2.24, 2.45) is 11.8 Å². The monoisotopic (exact) mass is 394 g/mol. The van der Waals surface area contributed by atoms with Gasteiger partial charge in [-0.1, -0.05) is 27.7 Å². The SMILES string of the molecule is Cc1c(C(=O)OCC(C)C)sc2ncn(C(C)C(=O)OCC(C)C)c(=O)c12. The molecule has 2 aromatic heterocycles. The molecule has 0 bridgehead atoms. The van der Waals surface area contributed by atoms with Crippen LogP contribution in [0.3, 0.4) is 0 Å². The van der Waals surface area contributed by atoms with Crippen molar-refractivity contribution in [3.8, 4) is 0 Å². The van der Waals surface area contributed by atoms with Crippen LogP contribution in [0, 0.1) is 18.8 Å². The molecular weight excluding hydrogens is 368 g/mol. The smallest absolute Gasteiger partial charge is 0.348 e. The number of carbonyl (C=O) groups excluding carboxylic acids is 2. The van der Waals surface area contributed by atoms with Gasteiger partial charge >= 0.3 is 11.9 Å². The van der Waals surface area contributed by atoms with Gasteiger partial charge in [0.15, 0.2) is 0 Å². The molecule has 0 aliphatic carbocycles. The zero-order chi connectivity index (χ0) is 20.3. The van der Waals surface area contributed by atoms with Crippen molar-refractivity contribution in [1.82, 2.24) is 9.55 Å². The van der Waals surface area contributed by atoms with Gasteiger partial charge in [0, 0.05) is 0 Å². The zero-order valence-electron chi connectivity index (χ0n) is 16.6. The first-order valence-electron chi connectivity index (χ1n) is 8.97. The molecule has 0 aliphatic rings. The van der Waals surface area contributed by atoms with Gasteiger partial charge in [-0.05, 0) is 31.2 Å². The number of aryl methyl sites for hydroxylation is 1. The van der Waals surface area contributed by atoms with Gasteiger partial charge in [0.05, 0.1) is 24.9 Å². The maximum atomic E-state index is 12.9. The number of ether oxygens (including phenoxy) is 2. The Morgan fingerprint density at radius 3 is 2.30 bits per heavy atom. The van der Waals surface area contributed by atoms with Crippen LogP contribution < -0.4 is 5.56 Å². The van der Waals surface area contributed by atoms with Crippen LogP contribution >= 0.6 is 11.3 Å². The number of thiophene rings is 1. The number of fused-ring (bicyclic) bond motifs is 1. The first-order valence-corrected chi connectivity index (χ1v) is 9.79. The molecule has 0 amide bonds. The summed E-state index contributed by atoms with van der Waals surface area (Å²) < 4.78 is 11.7. The maximum absolute atomic E-state index is 12.9. The van der Waals surface area contributed by atoms with Crippen molar-refractivity contribution >= 4 is 33.5 Å².